The second-order valence-electron chi connectivity index (χ2n) is 7.76. The van der Waals surface area contributed by atoms with Gasteiger partial charge in [-0.05, 0) is 36.1 Å². The molecular formula is C24H19ClF3N3O3. The number of terminal acetylenes is 1. The molecule has 34 heavy (non-hydrogen) atoms. The number of hydrogen-bond acceptors (Lipinski definition) is 5. The number of halogens is 4. The number of carbonyl (C=O) groups is 1. The Kier molecular flexibility index (Phi) is 6.91. The molecule has 0 spiro atoms. The molecule has 176 valence electrons. The molecule has 1 aliphatic rings. The molecule has 0 radical (unpaired) electrons. The minimum Gasteiger partial charge on any atom is -0.351 e. The van der Waals surface area contributed by atoms with Gasteiger partial charge in [0.15, 0.2) is 6.10 Å². The highest BCUT2D eigenvalue weighted by Crippen LogP contribution is 2.33. The number of hydrogen-bond donors (Lipinski definition) is 0. The van der Waals surface area contributed by atoms with Gasteiger partial charge in [0.2, 0.25) is 5.82 Å². The fourth-order valence-corrected chi connectivity index (χ4v) is 3.54. The Labute approximate surface area is 198 Å². The predicted octanol–water partition coefficient (Wildman–Crippen LogP) is 5.29. The van der Waals surface area contributed by atoms with Gasteiger partial charge in [-0.15, -0.1) is 6.42 Å². The van der Waals surface area contributed by atoms with Crippen molar-refractivity contribution in [3.05, 3.63) is 70.6 Å². The van der Waals surface area contributed by atoms with Crippen molar-refractivity contribution < 1.29 is 27.2 Å². The highest BCUT2D eigenvalue weighted by atomic mass is 35.5. The second kappa shape index (κ2) is 9.87. The summed E-state index contributed by atoms with van der Waals surface area (Å²) in [5, 5.41) is 3.93. The zero-order valence-electron chi connectivity index (χ0n) is 17.8. The van der Waals surface area contributed by atoms with Crippen LogP contribution in [0, 0.1) is 12.3 Å². The van der Waals surface area contributed by atoms with Crippen LogP contribution in [0.1, 0.15) is 36.0 Å². The molecule has 1 atom stereocenters. The van der Waals surface area contributed by atoms with Gasteiger partial charge in [-0.3, -0.25) is 4.79 Å². The topological polar surface area (TPSA) is 68.5 Å². The normalized spacial score (nSPS) is 14.4. The standard InChI is InChI=1S/C24H19ClF3N3O3/c1-2-13-33-20(16-7-9-18(25)10-8-16)22(32)31(19-11-12-19)14-15-3-5-17(6-4-15)21-29-23(34-30-21)24(26,27)28/h1,3-10,19-20H,11-14H2. The Morgan fingerprint density at radius 1 is 1.21 bits per heavy atom. The van der Waals surface area contributed by atoms with E-state index >= 15 is 0 Å². The summed E-state index contributed by atoms with van der Waals surface area (Å²) in [6, 6.07) is 13.5. The van der Waals surface area contributed by atoms with Gasteiger partial charge in [-0.1, -0.05) is 59.1 Å². The molecular weight excluding hydrogens is 471 g/mol. The predicted molar refractivity (Wildman–Crippen MR) is 117 cm³/mol. The summed E-state index contributed by atoms with van der Waals surface area (Å²) < 4.78 is 48.1. The zero-order valence-corrected chi connectivity index (χ0v) is 18.5. The molecule has 2 aromatic carbocycles. The van der Waals surface area contributed by atoms with Crippen LogP contribution < -0.4 is 0 Å². The van der Waals surface area contributed by atoms with E-state index in [1.807, 2.05) is 0 Å². The van der Waals surface area contributed by atoms with Crippen LogP contribution in [0.2, 0.25) is 5.02 Å². The molecule has 1 aliphatic carbocycles. The van der Waals surface area contributed by atoms with E-state index in [9.17, 15) is 18.0 Å². The minimum absolute atomic E-state index is 0.0309. The molecule has 4 rings (SSSR count). The molecule has 0 saturated heterocycles. The number of nitrogens with zero attached hydrogens (tertiary/aromatic N) is 3. The van der Waals surface area contributed by atoms with E-state index in [2.05, 4.69) is 20.6 Å². The van der Waals surface area contributed by atoms with Crippen LogP contribution in [0.25, 0.3) is 11.4 Å². The summed E-state index contributed by atoms with van der Waals surface area (Å²) in [5.74, 6) is 0.594. The molecule has 1 aromatic heterocycles. The van der Waals surface area contributed by atoms with E-state index in [0.717, 1.165) is 18.4 Å². The van der Waals surface area contributed by atoms with Gasteiger partial charge >= 0.3 is 12.1 Å². The molecule has 6 nitrogen and oxygen atoms in total. The molecule has 0 aliphatic heterocycles. The lowest BCUT2D eigenvalue weighted by atomic mass is 10.1. The Hall–Kier alpha value is -3.35. The highest BCUT2D eigenvalue weighted by Gasteiger charge is 2.39. The van der Waals surface area contributed by atoms with Gasteiger partial charge in [0, 0.05) is 23.2 Å². The maximum atomic E-state index is 13.5. The average molecular weight is 490 g/mol. The van der Waals surface area contributed by atoms with Gasteiger partial charge < -0.3 is 14.2 Å². The second-order valence-corrected chi connectivity index (χ2v) is 8.20. The number of alkyl halides is 3. The van der Waals surface area contributed by atoms with E-state index in [1.165, 1.54) is 0 Å². The van der Waals surface area contributed by atoms with Crippen molar-refractivity contribution in [2.75, 3.05) is 6.61 Å². The van der Waals surface area contributed by atoms with Crippen molar-refractivity contribution in [3.8, 4) is 23.7 Å². The minimum atomic E-state index is -4.71. The van der Waals surface area contributed by atoms with Crippen molar-refractivity contribution in [3.63, 3.8) is 0 Å². The van der Waals surface area contributed by atoms with Crippen LogP contribution in [-0.2, 0) is 22.3 Å². The molecule has 0 N–H and O–H groups in total. The monoisotopic (exact) mass is 489 g/mol. The molecule has 1 fully saturated rings. The number of amides is 1. The zero-order chi connectivity index (χ0) is 24.3. The number of carbonyl (C=O) groups excluding carboxylic acids is 1. The Balaban J connectivity index is 1.52. The fraction of sp³-hybridized carbons (Fsp3) is 0.292. The summed E-state index contributed by atoms with van der Waals surface area (Å²) in [7, 11) is 0. The third-order valence-corrected chi connectivity index (χ3v) is 5.49. The van der Waals surface area contributed by atoms with Crippen LogP contribution in [-0.4, -0.2) is 33.6 Å². The van der Waals surface area contributed by atoms with Crippen molar-refractivity contribution in [2.24, 2.45) is 0 Å². The van der Waals surface area contributed by atoms with Gasteiger partial charge in [0.25, 0.3) is 5.91 Å². The van der Waals surface area contributed by atoms with Crippen LogP contribution >= 0.6 is 11.6 Å². The third-order valence-electron chi connectivity index (χ3n) is 5.23. The van der Waals surface area contributed by atoms with Gasteiger partial charge in [0.1, 0.15) is 6.61 Å². The number of aromatic nitrogens is 2. The van der Waals surface area contributed by atoms with Crippen molar-refractivity contribution in [1.29, 1.82) is 0 Å². The lowest BCUT2D eigenvalue weighted by molar-refractivity contribution is -0.159. The molecule has 10 heteroatoms. The summed E-state index contributed by atoms with van der Waals surface area (Å²) in [6.07, 6.45) is 1.49. The number of ether oxygens (including phenoxy) is 1. The Morgan fingerprint density at radius 3 is 2.44 bits per heavy atom. The summed E-state index contributed by atoms with van der Waals surface area (Å²) in [4.78, 5) is 18.6. The van der Waals surface area contributed by atoms with E-state index in [-0.39, 0.29) is 24.4 Å². The van der Waals surface area contributed by atoms with Crippen LogP contribution in [0.3, 0.4) is 0 Å². The van der Waals surface area contributed by atoms with Gasteiger partial charge in [-0.25, -0.2) is 0 Å². The first-order chi connectivity index (χ1) is 16.3. The summed E-state index contributed by atoms with van der Waals surface area (Å²) in [5.41, 5.74) is 1.79. The highest BCUT2D eigenvalue weighted by molar-refractivity contribution is 6.30. The molecule has 1 heterocycles. The van der Waals surface area contributed by atoms with Crippen molar-refractivity contribution in [2.45, 2.75) is 37.7 Å². The first kappa shape index (κ1) is 23.8. The lowest BCUT2D eigenvalue weighted by Crippen LogP contribution is -2.37. The summed E-state index contributed by atoms with van der Waals surface area (Å²) in [6.45, 7) is 0.268. The largest absolute Gasteiger partial charge is 0.471 e. The first-order valence-electron chi connectivity index (χ1n) is 10.4. The Morgan fingerprint density at radius 2 is 1.88 bits per heavy atom. The van der Waals surface area contributed by atoms with E-state index in [1.54, 1.807) is 53.4 Å². The number of benzene rings is 2. The molecule has 1 saturated carbocycles. The van der Waals surface area contributed by atoms with Crippen molar-refractivity contribution in [1.82, 2.24) is 15.0 Å². The summed E-state index contributed by atoms with van der Waals surface area (Å²) >= 11 is 5.97. The van der Waals surface area contributed by atoms with Gasteiger partial charge in [0.05, 0.1) is 0 Å². The van der Waals surface area contributed by atoms with E-state index < -0.39 is 18.2 Å². The van der Waals surface area contributed by atoms with Crippen LogP contribution in [0.5, 0.6) is 0 Å². The first-order valence-corrected chi connectivity index (χ1v) is 10.8. The van der Waals surface area contributed by atoms with E-state index in [0.29, 0.717) is 22.7 Å². The molecule has 1 amide bonds. The fourth-order valence-electron chi connectivity index (χ4n) is 3.41. The van der Waals surface area contributed by atoms with Crippen LogP contribution in [0.15, 0.2) is 53.1 Å². The third kappa shape index (κ3) is 5.58. The van der Waals surface area contributed by atoms with Crippen LogP contribution in [0.4, 0.5) is 13.2 Å². The quantitative estimate of drug-likeness (QED) is 0.402. The van der Waals surface area contributed by atoms with Crippen molar-refractivity contribution >= 4 is 17.5 Å². The number of rotatable bonds is 8. The molecule has 1 unspecified atom stereocenters. The van der Waals surface area contributed by atoms with Gasteiger partial charge in [-0.2, -0.15) is 18.2 Å². The molecule has 3 aromatic rings. The maximum Gasteiger partial charge on any atom is 0.471 e. The molecule has 0 bridgehead atoms. The maximum absolute atomic E-state index is 13.5. The smallest absolute Gasteiger partial charge is 0.351 e. The van der Waals surface area contributed by atoms with E-state index in [4.69, 9.17) is 22.8 Å². The SMILES string of the molecule is C#CCOC(C(=O)N(Cc1ccc(-c2noc(C(F)(F)F)n2)cc1)C1CC1)c1ccc(Cl)cc1. The Bertz CT molecular complexity index is 1180. The average Bonchev–Trinajstić information content (AvgIpc) is 3.52. The lowest BCUT2D eigenvalue weighted by Gasteiger charge is -2.27.